The number of hydrogen-bond acceptors (Lipinski definition) is 2. The maximum atomic E-state index is 12.4. The number of ketones is 1. The number of hydrogen-bond donors (Lipinski definition) is 0. The van der Waals surface area contributed by atoms with Crippen LogP contribution in [0.1, 0.15) is 9.67 Å². The molecule has 0 N–H and O–H groups in total. The number of alkyl halides is 3. The summed E-state index contributed by atoms with van der Waals surface area (Å²) in [6, 6.07) is 1.55. The van der Waals surface area contributed by atoms with E-state index < -0.39 is 10.6 Å². The number of halogens is 4. The number of carbonyl (C=O) groups is 1. The van der Waals surface area contributed by atoms with Crippen LogP contribution in [0.3, 0.4) is 0 Å². The highest BCUT2D eigenvalue weighted by atomic mass is 79.9. The van der Waals surface area contributed by atoms with Crippen LogP contribution in [0, 0.1) is 0 Å². The van der Waals surface area contributed by atoms with Crippen LogP contribution >= 0.6 is 43.2 Å². The summed E-state index contributed by atoms with van der Waals surface area (Å²) in [5.41, 5.74) is 0. The van der Waals surface area contributed by atoms with Gasteiger partial charge in [0.05, 0.1) is 4.88 Å². The first-order valence-corrected chi connectivity index (χ1v) is 5.24. The van der Waals surface area contributed by atoms with Crippen LogP contribution in [-0.4, -0.2) is 10.6 Å². The fourth-order valence-corrected chi connectivity index (χ4v) is 2.44. The fourth-order valence-electron chi connectivity index (χ4n) is 0.584. The smallest absolute Gasteiger partial charge is 0.285 e. The molecule has 1 nitrogen and oxygen atoms in total. The second kappa shape index (κ2) is 3.51. The van der Waals surface area contributed by atoms with E-state index >= 15 is 0 Å². The van der Waals surface area contributed by atoms with E-state index in [4.69, 9.17) is 0 Å². The zero-order valence-corrected chi connectivity index (χ0v) is 9.47. The molecular weight excluding hydrogens is 318 g/mol. The van der Waals surface area contributed by atoms with Gasteiger partial charge in [0.25, 0.3) is 5.78 Å². The van der Waals surface area contributed by atoms with Crippen molar-refractivity contribution in [3.63, 3.8) is 0 Å². The lowest BCUT2D eigenvalue weighted by Crippen LogP contribution is -2.19. The van der Waals surface area contributed by atoms with Gasteiger partial charge in [-0.2, -0.15) is 8.78 Å². The van der Waals surface area contributed by atoms with Crippen molar-refractivity contribution in [1.29, 1.82) is 0 Å². The van der Waals surface area contributed by atoms with Gasteiger partial charge in [-0.3, -0.25) is 4.79 Å². The molecule has 1 heterocycles. The molecule has 0 spiro atoms. The lowest BCUT2D eigenvalue weighted by Gasteiger charge is -2.04. The lowest BCUT2D eigenvalue weighted by molar-refractivity contribution is 0.0596. The molecule has 6 heteroatoms. The first-order valence-electron chi connectivity index (χ1n) is 2.77. The maximum absolute atomic E-state index is 12.4. The van der Waals surface area contributed by atoms with Crippen molar-refractivity contribution in [3.05, 3.63) is 20.8 Å². The van der Waals surface area contributed by atoms with Gasteiger partial charge in [0.1, 0.15) is 0 Å². The quantitative estimate of drug-likeness (QED) is 0.600. The SMILES string of the molecule is O=C(c1sccc1Br)C(F)(F)Br. The predicted molar refractivity (Wildman–Crippen MR) is 50.2 cm³/mol. The molecule has 0 amide bonds. The van der Waals surface area contributed by atoms with Crippen molar-refractivity contribution in [3.8, 4) is 0 Å². The van der Waals surface area contributed by atoms with Gasteiger partial charge >= 0.3 is 4.83 Å². The molecule has 0 atom stereocenters. The molecule has 0 aromatic carbocycles. The average molecular weight is 320 g/mol. The summed E-state index contributed by atoms with van der Waals surface area (Å²) in [4.78, 5) is 7.48. The van der Waals surface area contributed by atoms with Crippen molar-refractivity contribution in [2.75, 3.05) is 0 Å². The number of carbonyl (C=O) groups excluding carboxylic acids is 1. The van der Waals surface area contributed by atoms with Crippen LogP contribution in [0.15, 0.2) is 15.9 Å². The monoisotopic (exact) mass is 318 g/mol. The number of thiophene rings is 1. The van der Waals surface area contributed by atoms with Crippen molar-refractivity contribution in [1.82, 2.24) is 0 Å². The molecule has 66 valence electrons. The van der Waals surface area contributed by atoms with Crippen LogP contribution in [0.2, 0.25) is 0 Å². The minimum atomic E-state index is -3.47. The fraction of sp³-hybridized carbons (Fsp3) is 0.167. The van der Waals surface area contributed by atoms with E-state index in [1.165, 1.54) is 0 Å². The molecule has 0 unspecified atom stereocenters. The molecular formula is C6H2Br2F2OS. The van der Waals surface area contributed by atoms with Crippen LogP contribution in [0.5, 0.6) is 0 Å². The van der Waals surface area contributed by atoms with Crippen molar-refractivity contribution >= 4 is 49.0 Å². The Labute approximate surface area is 88.0 Å². The van der Waals surface area contributed by atoms with Crippen molar-refractivity contribution < 1.29 is 13.6 Å². The van der Waals surface area contributed by atoms with Gasteiger partial charge in [0, 0.05) is 4.47 Å². The Morgan fingerprint density at radius 3 is 2.50 bits per heavy atom. The van der Waals surface area contributed by atoms with Gasteiger partial charge in [0.15, 0.2) is 0 Å². The number of Topliss-reactive ketones (excluding diaryl/α,β-unsaturated/α-hetero) is 1. The van der Waals surface area contributed by atoms with E-state index in [1.54, 1.807) is 11.4 Å². The van der Waals surface area contributed by atoms with E-state index in [-0.39, 0.29) is 4.88 Å². The second-order valence-electron chi connectivity index (χ2n) is 1.92. The van der Waals surface area contributed by atoms with Crippen molar-refractivity contribution in [2.24, 2.45) is 0 Å². The Morgan fingerprint density at radius 1 is 1.58 bits per heavy atom. The molecule has 1 aromatic rings. The zero-order valence-electron chi connectivity index (χ0n) is 5.48. The zero-order chi connectivity index (χ0) is 9.35. The highest BCUT2D eigenvalue weighted by Crippen LogP contribution is 2.32. The topological polar surface area (TPSA) is 17.1 Å². The summed E-state index contributed by atoms with van der Waals surface area (Å²) in [6.45, 7) is 0. The van der Waals surface area contributed by atoms with Gasteiger partial charge < -0.3 is 0 Å². The summed E-state index contributed by atoms with van der Waals surface area (Å²) in [6.07, 6.45) is 0. The summed E-state index contributed by atoms with van der Waals surface area (Å²) < 4.78 is 25.2. The largest absolute Gasteiger partial charge is 0.363 e. The summed E-state index contributed by atoms with van der Waals surface area (Å²) in [7, 11) is 0. The summed E-state index contributed by atoms with van der Waals surface area (Å²) >= 11 is 5.98. The van der Waals surface area contributed by atoms with E-state index in [0.29, 0.717) is 4.47 Å². The Morgan fingerprint density at radius 2 is 2.17 bits per heavy atom. The molecule has 0 aliphatic carbocycles. The average Bonchev–Trinajstić information content (AvgIpc) is 2.31. The van der Waals surface area contributed by atoms with E-state index in [1.807, 2.05) is 15.9 Å². The molecule has 0 aliphatic heterocycles. The molecule has 1 aromatic heterocycles. The Balaban J connectivity index is 3.01. The van der Waals surface area contributed by atoms with Gasteiger partial charge in [-0.05, 0) is 43.3 Å². The van der Waals surface area contributed by atoms with Crippen LogP contribution in [0.4, 0.5) is 8.78 Å². The third-order valence-corrected chi connectivity index (χ3v) is 3.28. The third-order valence-electron chi connectivity index (χ3n) is 1.08. The standard InChI is InChI=1S/C6H2Br2F2OS/c7-3-1-2-12-4(3)5(11)6(8,9)10/h1-2H. The Hall–Kier alpha value is 0.190. The predicted octanol–water partition coefficient (Wildman–Crippen LogP) is 3.68. The normalized spacial score (nSPS) is 11.7. The Bertz CT molecular complexity index is 305. The second-order valence-corrected chi connectivity index (χ2v) is 4.69. The van der Waals surface area contributed by atoms with E-state index in [9.17, 15) is 13.6 Å². The van der Waals surface area contributed by atoms with Gasteiger partial charge in [0.2, 0.25) is 0 Å². The number of rotatable bonds is 2. The minimum absolute atomic E-state index is 0.0249. The van der Waals surface area contributed by atoms with Crippen LogP contribution in [-0.2, 0) is 0 Å². The van der Waals surface area contributed by atoms with Gasteiger partial charge in [-0.15, -0.1) is 11.3 Å². The Kier molecular flexibility index (Phi) is 3.01. The van der Waals surface area contributed by atoms with E-state index in [2.05, 4.69) is 15.9 Å². The minimum Gasteiger partial charge on any atom is -0.285 e. The summed E-state index contributed by atoms with van der Waals surface area (Å²) in [5.74, 6) is -1.22. The summed E-state index contributed by atoms with van der Waals surface area (Å²) in [5, 5.41) is 1.57. The third kappa shape index (κ3) is 2.11. The molecule has 0 radical (unpaired) electrons. The maximum Gasteiger partial charge on any atom is 0.363 e. The van der Waals surface area contributed by atoms with Gasteiger partial charge in [-0.1, -0.05) is 0 Å². The first-order chi connectivity index (χ1) is 5.43. The lowest BCUT2D eigenvalue weighted by atomic mass is 10.3. The molecule has 12 heavy (non-hydrogen) atoms. The van der Waals surface area contributed by atoms with E-state index in [0.717, 1.165) is 11.3 Å². The molecule has 0 aliphatic rings. The highest BCUT2D eigenvalue weighted by molar-refractivity contribution is 9.10. The molecule has 0 saturated carbocycles. The molecule has 0 bridgehead atoms. The van der Waals surface area contributed by atoms with Gasteiger partial charge in [-0.25, -0.2) is 0 Å². The van der Waals surface area contributed by atoms with Crippen LogP contribution < -0.4 is 0 Å². The first kappa shape index (κ1) is 10.3. The molecule has 1 rings (SSSR count). The highest BCUT2D eigenvalue weighted by Gasteiger charge is 2.37. The van der Waals surface area contributed by atoms with Crippen LogP contribution in [0.25, 0.3) is 0 Å². The molecule has 0 saturated heterocycles. The molecule has 0 fully saturated rings. The van der Waals surface area contributed by atoms with Crippen molar-refractivity contribution in [2.45, 2.75) is 4.83 Å².